The highest BCUT2D eigenvalue weighted by atomic mass is 35.5. The molecule has 0 radical (unpaired) electrons. The third kappa shape index (κ3) is 4.75. The number of halogens is 1. The van der Waals surface area contributed by atoms with Crippen LogP contribution in [-0.4, -0.2) is 25.0 Å². The lowest BCUT2D eigenvalue weighted by atomic mass is 10.2. The van der Waals surface area contributed by atoms with E-state index in [9.17, 15) is 9.59 Å². The van der Waals surface area contributed by atoms with Crippen molar-refractivity contribution in [3.8, 4) is 5.75 Å². The third-order valence-corrected chi connectivity index (χ3v) is 2.42. The molecule has 0 amide bonds. The molecule has 0 atom stereocenters. The molecule has 0 saturated heterocycles. The van der Waals surface area contributed by atoms with Gasteiger partial charge in [0.2, 0.25) is 0 Å². The number of Topliss-reactive ketones (excluding diaryl/α,β-unsaturated/α-hetero) is 1. The average Bonchev–Trinajstić information content (AvgIpc) is 2.30. The average molecular weight is 271 g/mol. The molecule has 1 aromatic carbocycles. The van der Waals surface area contributed by atoms with Crippen LogP contribution in [0.1, 0.15) is 18.9 Å². The molecule has 5 heteroatoms. The first kappa shape index (κ1) is 14.5. The molecular formula is C13H15ClO4. The summed E-state index contributed by atoms with van der Waals surface area (Å²) in [7, 11) is 0. The van der Waals surface area contributed by atoms with E-state index in [1.165, 1.54) is 0 Å². The van der Waals surface area contributed by atoms with E-state index < -0.39 is 5.97 Å². The second-order valence-electron chi connectivity index (χ2n) is 3.72. The van der Waals surface area contributed by atoms with Crippen LogP contribution < -0.4 is 4.74 Å². The number of esters is 1. The van der Waals surface area contributed by atoms with E-state index in [-0.39, 0.29) is 25.4 Å². The zero-order chi connectivity index (χ0) is 13.5. The van der Waals surface area contributed by atoms with Crippen LogP contribution >= 0.6 is 11.6 Å². The molecule has 0 aliphatic rings. The Morgan fingerprint density at radius 3 is 2.72 bits per heavy atom. The maximum atomic E-state index is 11.4. The van der Waals surface area contributed by atoms with Crippen LogP contribution in [0, 0.1) is 6.92 Å². The summed E-state index contributed by atoms with van der Waals surface area (Å²) in [6, 6.07) is 5.17. The van der Waals surface area contributed by atoms with Gasteiger partial charge in [-0.05, 0) is 31.5 Å². The molecule has 0 aliphatic carbocycles. The van der Waals surface area contributed by atoms with Gasteiger partial charge in [-0.3, -0.25) is 9.59 Å². The van der Waals surface area contributed by atoms with Gasteiger partial charge in [0, 0.05) is 5.02 Å². The maximum Gasteiger partial charge on any atom is 0.313 e. The Morgan fingerprint density at radius 2 is 2.06 bits per heavy atom. The lowest BCUT2D eigenvalue weighted by Gasteiger charge is -2.08. The Kier molecular flexibility index (Phi) is 5.65. The minimum absolute atomic E-state index is 0.167. The zero-order valence-corrected chi connectivity index (χ0v) is 11.1. The fourth-order valence-corrected chi connectivity index (χ4v) is 1.47. The SMILES string of the molecule is CCOC(=O)CC(=O)COc1cc(Cl)ccc1C. The lowest BCUT2D eigenvalue weighted by Crippen LogP contribution is -2.17. The summed E-state index contributed by atoms with van der Waals surface area (Å²) in [5.41, 5.74) is 0.878. The zero-order valence-electron chi connectivity index (χ0n) is 10.4. The highest BCUT2D eigenvalue weighted by Crippen LogP contribution is 2.22. The highest BCUT2D eigenvalue weighted by Gasteiger charge is 2.11. The normalized spacial score (nSPS) is 9.94. The van der Waals surface area contributed by atoms with Gasteiger partial charge in [0.25, 0.3) is 0 Å². The quantitative estimate of drug-likeness (QED) is 0.589. The maximum absolute atomic E-state index is 11.4. The van der Waals surface area contributed by atoms with Crippen molar-refractivity contribution in [2.45, 2.75) is 20.3 Å². The van der Waals surface area contributed by atoms with Crippen molar-refractivity contribution in [2.75, 3.05) is 13.2 Å². The van der Waals surface area contributed by atoms with Crippen molar-refractivity contribution in [3.05, 3.63) is 28.8 Å². The smallest absolute Gasteiger partial charge is 0.313 e. The number of ketones is 1. The molecule has 0 spiro atoms. The van der Waals surface area contributed by atoms with Crippen molar-refractivity contribution < 1.29 is 19.1 Å². The Hall–Kier alpha value is -1.55. The largest absolute Gasteiger partial charge is 0.485 e. The number of carbonyl (C=O) groups is 2. The first-order valence-electron chi connectivity index (χ1n) is 5.59. The summed E-state index contributed by atoms with van der Waals surface area (Å²) < 4.78 is 9.99. The predicted molar refractivity (Wildman–Crippen MR) is 67.9 cm³/mol. The van der Waals surface area contributed by atoms with Gasteiger partial charge >= 0.3 is 5.97 Å². The first-order chi connectivity index (χ1) is 8.52. The van der Waals surface area contributed by atoms with Crippen molar-refractivity contribution in [3.63, 3.8) is 0 Å². The molecule has 4 nitrogen and oxygen atoms in total. The fraction of sp³-hybridized carbons (Fsp3) is 0.385. The van der Waals surface area contributed by atoms with Gasteiger partial charge in [-0.15, -0.1) is 0 Å². The van der Waals surface area contributed by atoms with Crippen LogP contribution in [0.2, 0.25) is 5.02 Å². The molecule has 1 aromatic rings. The van der Waals surface area contributed by atoms with Gasteiger partial charge in [0.1, 0.15) is 18.8 Å². The molecule has 0 aliphatic heterocycles. The van der Waals surface area contributed by atoms with E-state index in [1.807, 2.05) is 6.92 Å². The van der Waals surface area contributed by atoms with Crippen LogP contribution in [-0.2, 0) is 14.3 Å². The molecule has 98 valence electrons. The molecule has 0 saturated carbocycles. The van der Waals surface area contributed by atoms with Crippen molar-refractivity contribution in [1.82, 2.24) is 0 Å². The monoisotopic (exact) mass is 270 g/mol. The van der Waals surface area contributed by atoms with Crippen molar-refractivity contribution in [2.24, 2.45) is 0 Å². The minimum Gasteiger partial charge on any atom is -0.485 e. The van der Waals surface area contributed by atoms with Gasteiger partial charge in [-0.25, -0.2) is 0 Å². The molecule has 0 heterocycles. The van der Waals surface area contributed by atoms with E-state index in [1.54, 1.807) is 25.1 Å². The lowest BCUT2D eigenvalue weighted by molar-refractivity contribution is -0.145. The molecule has 0 fully saturated rings. The van der Waals surface area contributed by atoms with E-state index in [4.69, 9.17) is 16.3 Å². The number of hydrogen-bond acceptors (Lipinski definition) is 4. The Labute approximate surface area is 111 Å². The molecule has 0 bridgehead atoms. The van der Waals surface area contributed by atoms with Crippen molar-refractivity contribution in [1.29, 1.82) is 0 Å². The van der Waals surface area contributed by atoms with Gasteiger partial charge in [-0.1, -0.05) is 17.7 Å². The standard InChI is InChI=1S/C13H15ClO4/c1-3-17-13(16)7-11(15)8-18-12-6-10(14)5-4-9(12)2/h4-6H,3,7-8H2,1-2H3. The predicted octanol–water partition coefficient (Wildman–Crippen LogP) is 2.55. The summed E-state index contributed by atoms with van der Waals surface area (Å²) in [6.07, 6.45) is -0.270. The fourth-order valence-electron chi connectivity index (χ4n) is 1.31. The number of benzene rings is 1. The summed E-state index contributed by atoms with van der Waals surface area (Å²) in [5, 5.41) is 0.536. The second-order valence-corrected chi connectivity index (χ2v) is 4.16. The Morgan fingerprint density at radius 1 is 1.33 bits per heavy atom. The first-order valence-corrected chi connectivity index (χ1v) is 5.97. The third-order valence-electron chi connectivity index (χ3n) is 2.19. The summed E-state index contributed by atoms with van der Waals surface area (Å²) in [6.45, 7) is 3.63. The number of ether oxygens (including phenoxy) is 2. The van der Waals surface area contributed by atoms with E-state index >= 15 is 0 Å². The number of rotatable bonds is 6. The second kappa shape index (κ2) is 7.01. The van der Waals surface area contributed by atoms with Crippen LogP contribution in [0.25, 0.3) is 0 Å². The van der Waals surface area contributed by atoms with Gasteiger partial charge in [0.15, 0.2) is 5.78 Å². The van der Waals surface area contributed by atoms with E-state index in [2.05, 4.69) is 4.74 Å². The number of aryl methyl sites for hydroxylation is 1. The van der Waals surface area contributed by atoms with Crippen molar-refractivity contribution >= 4 is 23.4 Å². The number of carbonyl (C=O) groups excluding carboxylic acids is 2. The molecule has 0 N–H and O–H groups in total. The summed E-state index contributed by atoms with van der Waals surface area (Å²) in [5.74, 6) is -0.318. The van der Waals surface area contributed by atoms with E-state index in [0.29, 0.717) is 10.8 Å². The molecule has 0 unspecified atom stereocenters. The Balaban J connectivity index is 2.47. The van der Waals surface area contributed by atoms with Gasteiger partial charge < -0.3 is 9.47 Å². The molecule has 18 heavy (non-hydrogen) atoms. The van der Waals surface area contributed by atoms with Crippen LogP contribution in [0.4, 0.5) is 0 Å². The van der Waals surface area contributed by atoms with Crippen LogP contribution in [0.3, 0.4) is 0 Å². The van der Waals surface area contributed by atoms with Crippen LogP contribution in [0.5, 0.6) is 5.75 Å². The summed E-state index contributed by atoms with van der Waals surface area (Å²) in [4.78, 5) is 22.5. The van der Waals surface area contributed by atoms with E-state index in [0.717, 1.165) is 5.56 Å². The molecule has 1 rings (SSSR count). The molecule has 0 aromatic heterocycles. The number of hydrogen-bond donors (Lipinski definition) is 0. The van der Waals surface area contributed by atoms with Gasteiger partial charge in [-0.2, -0.15) is 0 Å². The highest BCUT2D eigenvalue weighted by molar-refractivity contribution is 6.30. The Bertz CT molecular complexity index is 443. The topological polar surface area (TPSA) is 52.6 Å². The van der Waals surface area contributed by atoms with Gasteiger partial charge in [0.05, 0.1) is 6.61 Å². The van der Waals surface area contributed by atoms with Crippen LogP contribution in [0.15, 0.2) is 18.2 Å². The summed E-state index contributed by atoms with van der Waals surface area (Å²) >= 11 is 5.82. The minimum atomic E-state index is -0.533. The molecular weight excluding hydrogens is 256 g/mol.